The van der Waals surface area contributed by atoms with E-state index in [1.807, 2.05) is 24.3 Å². The SMILES string of the molecule is CC(=O)c1ccc(N2CCN(C(=O)Cc3c(F)cccc3Cl)CC2)cc1. The van der Waals surface area contributed by atoms with Crippen molar-refractivity contribution in [1.29, 1.82) is 0 Å². The highest BCUT2D eigenvalue weighted by molar-refractivity contribution is 6.31. The minimum Gasteiger partial charge on any atom is -0.368 e. The number of ketones is 1. The standard InChI is InChI=1S/C20H20ClFN2O2/c1-14(25)15-5-7-16(8-6-15)23-9-11-24(12-10-23)20(26)13-17-18(21)3-2-4-19(17)22/h2-8H,9-13H2,1H3. The fraction of sp³-hybridized carbons (Fsp3) is 0.300. The monoisotopic (exact) mass is 374 g/mol. The Morgan fingerprint density at radius 1 is 1.04 bits per heavy atom. The Morgan fingerprint density at radius 2 is 1.69 bits per heavy atom. The summed E-state index contributed by atoms with van der Waals surface area (Å²) >= 11 is 6.01. The summed E-state index contributed by atoms with van der Waals surface area (Å²) in [6.45, 7) is 4.06. The Morgan fingerprint density at radius 3 is 2.27 bits per heavy atom. The quantitative estimate of drug-likeness (QED) is 0.768. The molecule has 4 nitrogen and oxygen atoms in total. The van der Waals surface area contributed by atoms with Crippen molar-refractivity contribution in [2.75, 3.05) is 31.1 Å². The lowest BCUT2D eigenvalue weighted by molar-refractivity contribution is -0.130. The van der Waals surface area contributed by atoms with Crippen molar-refractivity contribution in [3.8, 4) is 0 Å². The average molecular weight is 375 g/mol. The van der Waals surface area contributed by atoms with E-state index in [1.165, 1.54) is 12.1 Å². The third-order valence-electron chi connectivity index (χ3n) is 4.66. The predicted molar refractivity (Wildman–Crippen MR) is 100 cm³/mol. The van der Waals surface area contributed by atoms with Gasteiger partial charge in [0.25, 0.3) is 0 Å². The molecule has 26 heavy (non-hydrogen) atoms. The molecular weight excluding hydrogens is 355 g/mol. The normalized spacial score (nSPS) is 14.4. The number of hydrogen-bond donors (Lipinski definition) is 0. The van der Waals surface area contributed by atoms with Gasteiger partial charge in [-0.2, -0.15) is 0 Å². The first kappa shape index (κ1) is 18.4. The number of benzene rings is 2. The Bertz CT molecular complexity index is 795. The van der Waals surface area contributed by atoms with Crippen LogP contribution in [0.5, 0.6) is 0 Å². The van der Waals surface area contributed by atoms with Crippen LogP contribution in [0.4, 0.5) is 10.1 Å². The molecule has 0 saturated carbocycles. The molecule has 0 radical (unpaired) electrons. The van der Waals surface area contributed by atoms with Crippen LogP contribution >= 0.6 is 11.6 Å². The summed E-state index contributed by atoms with van der Waals surface area (Å²) in [5.41, 5.74) is 1.96. The van der Waals surface area contributed by atoms with Crippen LogP contribution in [-0.2, 0) is 11.2 Å². The molecule has 1 aliphatic heterocycles. The highest BCUT2D eigenvalue weighted by atomic mass is 35.5. The maximum Gasteiger partial charge on any atom is 0.227 e. The molecule has 0 aliphatic carbocycles. The Labute approximate surface area is 157 Å². The van der Waals surface area contributed by atoms with E-state index >= 15 is 0 Å². The van der Waals surface area contributed by atoms with Crippen LogP contribution in [0.2, 0.25) is 5.02 Å². The molecule has 3 rings (SSSR count). The van der Waals surface area contributed by atoms with E-state index in [0.717, 1.165) is 5.69 Å². The maximum absolute atomic E-state index is 13.9. The van der Waals surface area contributed by atoms with Gasteiger partial charge in [-0.1, -0.05) is 17.7 Å². The molecule has 1 fully saturated rings. The number of piperazine rings is 1. The van der Waals surface area contributed by atoms with Crippen molar-refractivity contribution < 1.29 is 14.0 Å². The molecule has 136 valence electrons. The van der Waals surface area contributed by atoms with Crippen molar-refractivity contribution >= 4 is 29.0 Å². The van der Waals surface area contributed by atoms with E-state index < -0.39 is 5.82 Å². The topological polar surface area (TPSA) is 40.6 Å². The first-order valence-electron chi connectivity index (χ1n) is 8.52. The molecule has 2 aromatic carbocycles. The third-order valence-corrected chi connectivity index (χ3v) is 5.02. The van der Waals surface area contributed by atoms with Gasteiger partial charge in [0.05, 0.1) is 6.42 Å². The highest BCUT2D eigenvalue weighted by Gasteiger charge is 2.23. The van der Waals surface area contributed by atoms with Crippen LogP contribution in [-0.4, -0.2) is 42.8 Å². The number of hydrogen-bond acceptors (Lipinski definition) is 3. The third kappa shape index (κ3) is 4.05. The molecular formula is C20H20ClFN2O2. The smallest absolute Gasteiger partial charge is 0.227 e. The fourth-order valence-electron chi connectivity index (χ4n) is 3.09. The van der Waals surface area contributed by atoms with Crippen LogP contribution in [0.3, 0.4) is 0 Å². The van der Waals surface area contributed by atoms with Gasteiger partial charge in [-0.05, 0) is 43.3 Å². The number of anilines is 1. The van der Waals surface area contributed by atoms with Gasteiger partial charge in [0.15, 0.2) is 5.78 Å². The molecule has 0 atom stereocenters. The first-order chi connectivity index (χ1) is 12.5. The second kappa shape index (κ2) is 7.87. The van der Waals surface area contributed by atoms with E-state index in [9.17, 15) is 14.0 Å². The van der Waals surface area contributed by atoms with Crippen molar-refractivity contribution in [1.82, 2.24) is 4.90 Å². The molecule has 1 aliphatic rings. The number of nitrogens with zero attached hydrogens (tertiary/aromatic N) is 2. The molecule has 6 heteroatoms. The number of carbonyl (C=O) groups is 2. The molecule has 1 heterocycles. The lowest BCUT2D eigenvalue weighted by Crippen LogP contribution is -2.49. The van der Waals surface area contributed by atoms with Crippen molar-refractivity contribution in [3.05, 3.63) is 64.4 Å². The van der Waals surface area contributed by atoms with E-state index in [1.54, 1.807) is 17.9 Å². The number of carbonyl (C=O) groups excluding carboxylic acids is 2. The zero-order chi connectivity index (χ0) is 18.7. The van der Waals surface area contributed by atoms with E-state index in [0.29, 0.717) is 31.7 Å². The van der Waals surface area contributed by atoms with Gasteiger partial charge in [0.2, 0.25) is 5.91 Å². The van der Waals surface area contributed by atoms with Gasteiger partial charge in [0, 0.05) is 48.0 Å². The summed E-state index contributed by atoms with van der Waals surface area (Å²) in [5.74, 6) is -0.530. The number of rotatable bonds is 4. The zero-order valence-corrected chi connectivity index (χ0v) is 15.3. The van der Waals surface area contributed by atoms with Crippen LogP contribution in [0, 0.1) is 5.82 Å². The van der Waals surface area contributed by atoms with E-state index in [-0.39, 0.29) is 28.7 Å². The van der Waals surface area contributed by atoms with Crippen LogP contribution in [0.25, 0.3) is 0 Å². The summed E-state index contributed by atoms with van der Waals surface area (Å²) in [6, 6.07) is 11.9. The summed E-state index contributed by atoms with van der Waals surface area (Å²) < 4.78 is 13.9. The second-order valence-electron chi connectivity index (χ2n) is 6.35. The first-order valence-corrected chi connectivity index (χ1v) is 8.90. The second-order valence-corrected chi connectivity index (χ2v) is 6.76. The Kier molecular flexibility index (Phi) is 5.57. The molecule has 0 spiro atoms. The Balaban J connectivity index is 1.59. The minimum atomic E-state index is -0.449. The zero-order valence-electron chi connectivity index (χ0n) is 14.5. The summed E-state index contributed by atoms with van der Waals surface area (Å²) in [7, 11) is 0. The Hall–Kier alpha value is -2.40. The summed E-state index contributed by atoms with van der Waals surface area (Å²) in [4.78, 5) is 27.7. The van der Waals surface area contributed by atoms with Gasteiger partial charge in [-0.3, -0.25) is 9.59 Å². The van der Waals surface area contributed by atoms with Gasteiger partial charge >= 0.3 is 0 Å². The van der Waals surface area contributed by atoms with E-state index in [4.69, 9.17) is 11.6 Å². The van der Waals surface area contributed by atoms with Gasteiger partial charge in [-0.25, -0.2) is 4.39 Å². The lowest BCUT2D eigenvalue weighted by atomic mass is 10.1. The minimum absolute atomic E-state index is 0.0290. The summed E-state index contributed by atoms with van der Waals surface area (Å²) in [6.07, 6.45) is -0.0290. The molecule has 0 bridgehead atoms. The molecule has 0 aromatic heterocycles. The van der Waals surface area contributed by atoms with Gasteiger partial charge in [0.1, 0.15) is 5.82 Å². The van der Waals surface area contributed by atoms with Gasteiger partial charge < -0.3 is 9.80 Å². The molecule has 1 saturated heterocycles. The number of Topliss-reactive ketones (excluding diaryl/α,β-unsaturated/α-hetero) is 1. The molecule has 1 amide bonds. The molecule has 0 unspecified atom stereocenters. The number of amides is 1. The van der Waals surface area contributed by atoms with Crippen LogP contribution in [0.15, 0.2) is 42.5 Å². The summed E-state index contributed by atoms with van der Waals surface area (Å²) in [5, 5.41) is 0.280. The molecule has 2 aromatic rings. The molecule has 0 N–H and O–H groups in total. The van der Waals surface area contributed by atoms with Crippen molar-refractivity contribution in [3.63, 3.8) is 0 Å². The predicted octanol–water partition coefficient (Wildman–Crippen LogP) is 3.57. The van der Waals surface area contributed by atoms with Crippen molar-refractivity contribution in [2.45, 2.75) is 13.3 Å². The fourth-order valence-corrected chi connectivity index (χ4v) is 3.32. The largest absolute Gasteiger partial charge is 0.368 e. The lowest BCUT2D eigenvalue weighted by Gasteiger charge is -2.36. The van der Waals surface area contributed by atoms with Crippen LogP contribution in [0.1, 0.15) is 22.8 Å². The van der Waals surface area contributed by atoms with Gasteiger partial charge in [-0.15, -0.1) is 0 Å². The number of halogens is 2. The van der Waals surface area contributed by atoms with Crippen molar-refractivity contribution in [2.24, 2.45) is 0 Å². The van der Waals surface area contributed by atoms with E-state index in [2.05, 4.69) is 4.90 Å². The van der Waals surface area contributed by atoms with Crippen LogP contribution < -0.4 is 4.90 Å². The highest BCUT2D eigenvalue weighted by Crippen LogP contribution is 2.21. The maximum atomic E-state index is 13.9. The average Bonchev–Trinajstić information content (AvgIpc) is 2.65.